The first kappa shape index (κ1) is 24.1. The largest absolute Gasteiger partial charge is 0.508 e. The van der Waals surface area contributed by atoms with Gasteiger partial charge in [0.2, 0.25) is 5.91 Å². The van der Waals surface area contributed by atoms with Gasteiger partial charge in [0.05, 0.1) is 5.92 Å². The number of benzene rings is 3. The number of amides is 1. The molecule has 6 nitrogen and oxygen atoms in total. The third kappa shape index (κ3) is 8.16. The van der Waals surface area contributed by atoms with E-state index in [1.54, 1.807) is 24.3 Å². The highest BCUT2D eigenvalue weighted by atomic mass is 16.3. The number of rotatable bonds is 12. The minimum atomic E-state index is -0.585. The summed E-state index contributed by atoms with van der Waals surface area (Å²) in [5, 5.41) is 28.9. The molecular formula is C27H33N3O3. The van der Waals surface area contributed by atoms with Crippen LogP contribution >= 0.6 is 0 Å². The lowest BCUT2D eigenvalue weighted by Gasteiger charge is -2.15. The number of phenols is 1. The van der Waals surface area contributed by atoms with Crippen LogP contribution in [0.3, 0.4) is 0 Å². The van der Waals surface area contributed by atoms with E-state index in [0.29, 0.717) is 19.5 Å². The molecule has 6 heteroatoms. The number of carbonyl (C=O) groups is 1. The molecule has 2 unspecified atom stereocenters. The van der Waals surface area contributed by atoms with Gasteiger partial charge in [-0.1, -0.05) is 42.5 Å². The second kappa shape index (κ2) is 12.5. The van der Waals surface area contributed by atoms with E-state index in [9.17, 15) is 15.0 Å². The van der Waals surface area contributed by atoms with Crippen LogP contribution < -0.4 is 16.0 Å². The number of aryl methyl sites for hydroxylation is 1. The van der Waals surface area contributed by atoms with Crippen molar-refractivity contribution in [2.24, 2.45) is 0 Å². The molecular weight excluding hydrogens is 414 g/mol. The lowest BCUT2D eigenvalue weighted by Crippen LogP contribution is -2.32. The molecule has 0 aliphatic rings. The summed E-state index contributed by atoms with van der Waals surface area (Å²) in [7, 11) is 0. The summed E-state index contributed by atoms with van der Waals surface area (Å²) in [4.78, 5) is 12.3. The molecule has 0 saturated heterocycles. The maximum absolute atomic E-state index is 12.3. The summed E-state index contributed by atoms with van der Waals surface area (Å²) in [6, 6.07) is 24.7. The van der Waals surface area contributed by atoms with E-state index in [1.807, 2.05) is 49.4 Å². The molecule has 0 aliphatic heterocycles. The average Bonchev–Trinajstić information content (AvgIpc) is 2.83. The summed E-state index contributed by atoms with van der Waals surface area (Å²) in [6.45, 7) is 2.95. The molecule has 174 valence electrons. The lowest BCUT2D eigenvalue weighted by atomic mass is 10.0. The van der Waals surface area contributed by atoms with Crippen LogP contribution in [-0.2, 0) is 11.2 Å². The van der Waals surface area contributed by atoms with E-state index in [2.05, 4.69) is 28.1 Å². The summed E-state index contributed by atoms with van der Waals surface area (Å²) >= 11 is 0. The number of nitrogens with one attached hydrogen (secondary N) is 3. The third-order valence-corrected chi connectivity index (χ3v) is 5.54. The molecule has 5 N–H and O–H groups in total. The standard InChI is InChI=1S/C27H33N3O3/c1-20(22-10-16-25(31)17-11-22)27(33)29-19-18-28-23-12-14-24(15-13-23)30-26(32)9-5-8-21-6-3-2-4-7-21/h2-4,6-7,10-17,20,26,28,30-32H,5,8-9,18-19H2,1H3,(H,29,33). The van der Waals surface area contributed by atoms with Crippen LogP contribution in [-0.4, -0.2) is 35.4 Å². The van der Waals surface area contributed by atoms with Gasteiger partial charge in [-0.25, -0.2) is 0 Å². The molecule has 0 spiro atoms. The predicted molar refractivity (Wildman–Crippen MR) is 133 cm³/mol. The van der Waals surface area contributed by atoms with Gasteiger partial charge in [-0.15, -0.1) is 0 Å². The molecule has 0 heterocycles. The first-order chi connectivity index (χ1) is 16.0. The molecule has 2 atom stereocenters. The minimum Gasteiger partial charge on any atom is -0.508 e. The van der Waals surface area contributed by atoms with Gasteiger partial charge in [0, 0.05) is 24.5 Å². The number of aliphatic hydroxyl groups excluding tert-OH is 1. The summed E-state index contributed by atoms with van der Waals surface area (Å²) < 4.78 is 0. The Kier molecular flexibility index (Phi) is 9.15. The molecule has 0 bridgehead atoms. The van der Waals surface area contributed by atoms with Gasteiger partial charge in [-0.3, -0.25) is 4.79 Å². The predicted octanol–water partition coefficient (Wildman–Crippen LogP) is 4.48. The molecule has 3 aromatic rings. The van der Waals surface area contributed by atoms with Crippen molar-refractivity contribution in [1.82, 2.24) is 5.32 Å². The molecule has 3 aromatic carbocycles. The second-order valence-electron chi connectivity index (χ2n) is 8.15. The fourth-order valence-electron chi connectivity index (χ4n) is 3.55. The number of aliphatic hydroxyl groups is 1. The second-order valence-corrected chi connectivity index (χ2v) is 8.15. The Morgan fingerprint density at radius 1 is 0.879 bits per heavy atom. The number of hydrogen-bond acceptors (Lipinski definition) is 5. The molecule has 0 aliphatic carbocycles. The van der Waals surface area contributed by atoms with Gasteiger partial charge < -0.3 is 26.2 Å². The Balaban J connectivity index is 1.32. The highest BCUT2D eigenvalue weighted by Gasteiger charge is 2.14. The van der Waals surface area contributed by atoms with Gasteiger partial charge in [-0.05, 0) is 73.7 Å². The van der Waals surface area contributed by atoms with E-state index in [0.717, 1.165) is 29.8 Å². The quantitative estimate of drug-likeness (QED) is 0.209. The van der Waals surface area contributed by atoms with E-state index < -0.39 is 6.23 Å². The van der Waals surface area contributed by atoms with Crippen molar-refractivity contribution in [3.8, 4) is 5.75 Å². The van der Waals surface area contributed by atoms with Gasteiger partial charge in [0.25, 0.3) is 0 Å². The van der Waals surface area contributed by atoms with Crippen molar-refractivity contribution in [2.45, 2.75) is 38.3 Å². The summed E-state index contributed by atoms with van der Waals surface area (Å²) in [5.74, 6) is -0.146. The van der Waals surface area contributed by atoms with Crippen LogP contribution in [0, 0.1) is 0 Å². The molecule has 0 fully saturated rings. The van der Waals surface area contributed by atoms with Gasteiger partial charge in [-0.2, -0.15) is 0 Å². The lowest BCUT2D eigenvalue weighted by molar-refractivity contribution is -0.122. The Morgan fingerprint density at radius 2 is 1.55 bits per heavy atom. The van der Waals surface area contributed by atoms with Crippen LogP contribution in [0.5, 0.6) is 5.75 Å². The van der Waals surface area contributed by atoms with Crippen LogP contribution in [0.15, 0.2) is 78.9 Å². The molecule has 1 amide bonds. The normalized spacial score (nSPS) is 12.5. The zero-order valence-electron chi connectivity index (χ0n) is 19.0. The average molecular weight is 448 g/mol. The SMILES string of the molecule is CC(C(=O)NCCNc1ccc(NC(O)CCCc2ccccc2)cc1)c1ccc(O)cc1. The smallest absolute Gasteiger partial charge is 0.227 e. The van der Waals surface area contributed by atoms with Crippen molar-refractivity contribution in [3.05, 3.63) is 90.0 Å². The van der Waals surface area contributed by atoms with Crippen LogP contribution in [0.4, 0.5) is 11.4 Å². The maximum Gasteiger partial charge on any atom is 0.227 e. The molecule has 0 radical (unpaired) electrons. The number of aromatic hydroxyl groups is 1. The Hall–Kier alpha value is -3.51. The summed E-state index contributed by atoms with van der Waals surface area (Å²) in [5.41, 5.74) is 3.96. The van der Waals surface area contributed by atoms with E-state index in [-0.39, 0.29) is 17.6 Å². The molecule has 3 rings (SSSR count). The fraction of sp³-hybridized carbons (Fsp3) is 0.296. The maximum atomic E-state index is 12.3. The van der Waals surface area contributed by atoms with Crippen molar-refractivity contribution in [3.63, 3.8) is 0 Å². The van der Waals surface area contributed by atoms with E-state index in [4.69, 9.17) is 0 Å². The Morgan fingerprint density at radius 3 is 2.24 bits per heavy atom. The first-order valence-electron chi connectivity index (χ1n) is 11.4. The minimum absolute atomic E-state index is 0.0525. The first-order valence-corrected chi connectivity index (χ1v) is 11.4. The third-order valence-electron chi connectivity index (χ3n) is 5.54. The van der Waals surface area contributed by atoms with Crippen molar-refractivity contribution >= 4 is 17.3 Å². The topological polar surface area (TPSA) is 93.6 Å². The zero-order valence-corrected chi connectivity index (χ0v) is 19.0. The number of phenolic OH excluding ortho intramolecular Hbond substituents is 1. The van der Waals surface area contributed by atoms with Crippen molar-refractivity contribution in [1.29, 1.82) is 0 Å². The van der Waals surface area contributed by atoms with E-state index >= 15 is 0 Å². The highest BCUT2D eigenvalue weighted by Crippen LogP contribution is 2.19. The Bertz CT molecular complexity index is 976. The zero-order chi connectivity index (χ0) is 23.5. The summed E-state index contributed by atoms with van der Waals surface area (Å²) in [6.07, 6.45) is 1.96. The molecule has 33 heavy (non-hydrogen) atoms. The monoisotopic (exact) mass is 447 g/mol. The van der Waals surface area contributed by atoms with Crippen LogP contribution in [0.2, 0.25) is 0 Å². The van der Waals surface area contributed by atoms with Crippen molar-refractivity contribution in [2.75, 3.05) is 23.7 Å². The van der Waals surface area contributed by atoms with Crippen LogP contribution in [0.1, 0.15) is 36.8 Å². The molecule has 0 aromatic heterocycles. The number of hydrogen-bond donors (Lipinski definition) is 5. The van der Waals surface area contributed by atoms with Gasteiger partial charge in [0.15, 0.2) is 0 Å². The van der Waals surface area contributed by atoms with Gasteiger partial charge >= 0.3 is 0 Å². The van der Waals surface area contributed by atoms with Gasteiger partial charge in [0.1, 0.15) is 12.0 Å². The number of carbonyl (C=O) groups excluding carboxylic acids is 1. The Labute approximate surface area is 195 Å². The van der Waals surface area contributed by atoms with E-state index in [1.165, 1.54) is 5.56 Å². The number of anilines is 2. The fourth-order valence-corrected chi connectivity index (χ4v) is 3.55. The molecule has 0 saturated carbocycles. The highest BCUT2D eigenvalue weighted by molar-refractivity contribution is 5.83. The van der Waals surface area contributed by atoms with Crippen molar-refractivity contribution < 1.29 is 15.0 Å². The van der Waals surface area contributed by atoms with Crippen LogP contribution in [0.25, 0.3) is 0 Å².